The van der Waals surface area contributed by atoms with Gasteiger partial charge in [0.1, 0.15) is 0 Å². The third-order valence-electron chi connectivity index (χ3n) is 7.87. The second-order valence-corrected chi connectivity index (χ2v) is 27.6. The van der Waals surface area contributed by atoms with Gasteiger partial charge in [0.15, 0.2) is 0 Å². The van der Waals surface area contributed by atoms with Crippen molar-refractivity contribution in [1.29, 1.82) is 0 Å². The molecule has 0 bridgehead atoms. The fourth-order valence-electron chi connectivity index (χ4n) is 6.43. The molecule has 0 saturated carbocycles. The fraction of sp³-hybridized carbons (Fsp3) is 0.571. The van der Waals surface area contributed by atoms with Crippen LogP contribution in [-0.2, 0) is 0 Å². The predicted octanol–water partition coefficient (Wildman–Crippen LogP) is 9.46. The van der Waals surface area contributed by atoms with Crippen molar-refractivity contribution in [2.75, 3.05) is 37.0 Å². The first-order chi connectivity index (χ1) is 21.7. The fourth-order valence-corrected chi connectivity index (χ4v) is 21.0. The summed E-state index contributed by atoms with van der Waals surface area (Å²) in [6.07, 6.45) is 7.99. The van der Waals surface area contributed by atoms with Crippen LogP contribution in [0, 0.1) is 35.5 Å². The van der Waals surface area contributed by atoms with Crippen molar-refractivity contribution < 1.29 is 0 Å². The summed E-state index contributed by atoms with van der Waals surface area (Å²) in [6.45, 7) is 28.9. The van der Waals surface area contributed by atoms with Crippen molar-refractivity contribution in [2.24, 2.45) is 35.5 Å². The minimum atomic E-state index is -1.80. The molecule has 4 heteroatoms. The Morgan fingerprint density at radius 3 is 0.783 bits per heavy atom. The molecule has 0 aliphatic rings. The molecule has 0 saturated heterocycles. The molecule has 3 rings (SSSR count). The van der Waals surface area contributed by atoms with Gasteiger partial charge in [-0.05, 0) is 0 Å². The van der Waals surface area contributed by atoms with E-state index in [1.165, 1.54) is 37.0 Å². The summed E-state index contributed by atoms with van der Waals surface area (Å²) in [5.74, 6) is 4.40. The van der Waals surface area contributed by atoms with Gasteiger partial charge in [0.05, 0.1) is 0 Å². The topological polar surface area (TPSA) is 0 Å². The van der Waals surface area contributed by atoms with E-state index in [2.05, 4.69) is 156 Å². The number of hydrogen-bond donors (Lipinski definition) is 0. The monoisotopic (exact) mass is 738 g/mol. The zero-order chi connectivity index (χ0) is 34.0. The Labute approximate surface area is 294 Å². The van der Waals surface area contributed by atoms with Crippen molar-refractivity contribution in [3.8, 4) is 0 Å². The Balaban J connectivity index is 2.22. The minimum absolute atomic E-state index is 0.157. The molecule has 0 N–H and O–H groups in total. The van der Waals surface area contributed by atoms with Gasteiger partial charge in [-0.25, -0.2) is 0 Å². The van der Waals surface area contributed by atoms with Crippen LogP contribution < -0.4 is 29.0 Å². The molecule has 254 valence electrons. The van der Waals surface area contributed by atoms with Crippen LogP contribution in [0.5, 0.6) is 0 Å². The molecule has 0 aromatic heterocycles. The first kappa shape index (κ1) is 39.9. The summed E-state index contributed by atoms with van der Waals surface area (Å²) in [5.41, 5.74) is 0. The van der Waals surface area contributed by atoms with Crippen LogP contribution in [0.3, 0.4) is 0 Å². The van der Waals surface area contributed by atoms with Gasteiger partial charge in [0.2, 0.25) is 0 Å². The van der Waals surface area contributed by atoms with Gasteiger partial charge in [-0.3, -0.25) is 0 Å². The summed E-state index contributed by atoms with van der Waals surface area (Å²) in [7, 11) is -0.470. The van der Waals surface area contributed by atoms with E-state index in [1.54, 1.807) is 29.0 Å². The Hall–Kier alpha value is -0.492. The first-order valence-corrected chi connectivity index (χ1v) is 26.0. The summed E-state index contributed by atoms with van der Waals surface area (Å²) < 4.78 is 4.86. The van der Waals surface area contributed by atoms with Gasteiger partial charge in [-0.1, -0.05) is 0 Å². The number of hydrogen-bond acceptors (Lipinski definition) is 0. The van der Waals surface area contributed by atoms with E-state index in [-0.39, 0.29) is 23.8 Å². The molecule has 0 aliphatic carbocycles. The van der Waals surface area contributed by atoms with Crippen LogP contribution in [-0.4, -0.2) is 51.6 Å². The Bertz CT molecular complexity index is 1120. The second-order valence-electron chi connectivity index (χ2n) is 16.0. The van der Waals surface area contributed by atoms with Gasteiger partial charge in [0.25, 0.3) is 0 Å². The molecule has 3 aromatic rings. The zero-order valence-corrected chi connectivity index (χ0v) is 36.0. The maximum atomic E-state index is 2.69. The van der Waals surface area contributed by atoms with E-state index in [0.717, 1.165) is 35.5 Å². The van der Waals surface area contributed by atoms with Crippen LogP contribution in [0.4, 0.5) is 0 Å². The standard InChI is InChI=1S/C42H66AsP3/c1-31(2)25-44(26-32(3)4)40-19-13-16-37(22-40)43(38-17-14-20-41(23-38)45(27-33(5)6)28-34(7)8)39-18-15-21-42(24-39)46(29-35(9)10)30-36(11)12/h13-24,31-36H,25-30H2,1-12H3. The molecule has 0 atom stereocenters. The second kappa shape index (κ2) is 19.6. The molecule has 0 heterocycles. The molecule has 0 radical (unpaired) electrons. The average Bonchev–Trinajstić information content (AvgIpc) is 2.95. The van der Waals surface area contributed by atoms with E-state index >= 15 is 0 Å². The molecule has 0 spiro atoms. The SMILES string of the molecule is CC(C)CP(CC(C)C)c1cccc([As](c2cccc(P(CC(C)C)CC(C)C)c2)c2cccc(P(CC(C)C)CC(C)C)c2)c1. The molecular weight excluding hydrogens is 672 g/mol. The third kappa shape index (κ3) is 13.1. The van der Waals surface area contributed by atoms with Gasteiger partial charge in [-0.2, -0.15) is 0 Å². The molecule has 0 aliphatic heterocycles. The Morgan fingerprint density at radius 2 is 0.587 bits per heavy atom. The normalized spacial score (nSPS) is 12.7. The average molecular weight is 739 g/mol. The van der Waals surface area contributed by atoms with Gasteiger partial charge in [0, 0.05) is 0 Å². The molecule has 3 aromatic carbocycles. The quantitative estimate of drug-likeness (QED) is 0.0902. The summed E-state index contributed by atoms with van der Waals surface area (Å²) in [4.78, 5) is 0. The van der Waals surface area contributed by atoms with Crippen LogP contribution in [0.25, 0.3) is 0 Å². The summed E-state index contributed by atoms with van der Waals surface area (Å²) >= 11 is -1.80. The molecule has 0 amide bonds. The van der Waals surface area contributed by atoms with Crippen molar-refractivity contribution in [3.63, 3.8) is 0 Å². The number of benzene rings is 3. The molecule has 0 nitrogen and oxygen atoms in total. The summed E-state index contributed by atoms with van der Waals surface area (Å²) in [6, 6.07) is 30.2. The van der Waals surface area contributed by atoms with Crippen LogP contribution in [0.2, 0.25) is 0 Å². The predicted molar refractivity (Wildman–Crippen MR) is 222 cm³/mol. The Kier molecular flexibility index (Phi) is 17.0. The summed E-state index contributed by atoms with van der Waals surface area (Å²) in [5, 5.41) is 4.89. The van der Waals surface area contributed by atoms with Crippen molar-refractivity contribution in [3.05, 3.63) is 72.8 Å². The third-order valence-corrected chi connectivity index (χ3v) is 22.9. The molecule has 0 unspecified atom stereocenters. The Morgan fingerprint density at radius 1 is 0.370 bits per heavy atom. The number of rotatable bonds is 18. The van der Waals surface area contributed by atoms with E-state index in [1.807, 2.05) is 0 Å². The van der Waals surface area contributed by atoms with Gasteiger partial charge in [-0.15, -0.1) is 0 Å². The first-order valence-electron chi connectivity index (χ1n) is 18.1. The van der Waals surface area contributed by atoms with Gasteiger partial charge < -0.3 is 0 Å². The van der Waals surface area contributed by atoms with E-state index < -0.39 is 14.7 Å². The van der Waals surface area contributed by atoms with E-state index in [4.69, 9.17) is 0 Å². The van der Waals surface area contributed by atoms with Crippen molar-refractivity contribution >= 4 is 67.4 Å². The maximum absolute atomic E-state index is 2.69. The molecular formula is C42H66AsP3. The molecule has 0 fully saturated rings. The molecule has 46 heavy (non-hydrogen) atoms. The van der Waals surface area contributed by atoms with Crippen LogP contribution >= 0.6 is 23.8 Å². The van der Waals surface area contributed by atoms with Crippen molar-refractivity contribution in [2.45, 2.75) is 83.1 Å². The van der Waals surface area contributed by atoms with Crippen LogP contribution in [0.1, 0.15) is 83.1 Å². The zero-order valence-electron chi connectivity index (χ0n) is 31.4. The van der Waals surface area contributed by atoms with Crippen LogP contribution in [0.15, 0.2) is 72.8 Å². The van der Waals surface area contributed by atoms with E-state index in [9.17, 15) is 0 Å². The van der Waals surface area contributed by atoms with Crippen molar-refractivity contribution in [1.82, 2.24) is 0 Å². The van der Waals surface area contributed by atoms with E-state index in [0.29, 0.717) is 0 Å². The van der Waals surface area contributed by atoms with Gasteiger partial charge >= 0.3 is 296 Å².